The van der Waals surface area contributed by atoms with Crippen molar-refractivity contribution in [1.29, 1.82) is 0 Å². The van der Waals surface area contributed by atoms with Gasteiger partial charge in [0.05, 0.1) is 11.7 Å². The smallest absolute Gasteiger partial charge is 0.0664 e. The minimum atomic E-state index is 0.679. The van der Waals surface area contributed by atoms with Crippen LogP contribution >= 0.6 is 15.9 Å². The molecule has 2 aromatic rings. The largest absolute Gasteiger partial charge is 0.278 e. The number of rotatable bonds is 0. The Bertz CT molecular complexity index is 501. The zero-order chi connectivity index (χ0) is 9.71. The molecule has 0 spiro atoms. The zero-order valence-electron chi connectivity index (χ0n) is 7.97. The third-order valence-corrected chi connectivity index (χ3v) is 4.00. The maximum Gasteiger partial charge on any atom is 0.0664 e. The summed E-state index contributed by atoms with van der Waals surface area (Å²) in [5.74, 6) is 0.679. The van der Waals surface area contributed by atoms with Crippen molar-refractivity contribution in [3.05, 3.63) is 27.9 Å². The Morgan fingerprint density at radius 2 is 2.43 bits per heavy atom. The van der Waals surface area contributed by atoms with Crippen LogP contribution in [0.5, 0.6) is 0 Å². The molecule has 0 fully saturated rings. The van der Waals surface area contributed by atoms with Crippen LogP contribution in [-0.4, -0.2) is 10.2 Å². The van der Waals surface area contributed by atoms with Gasteiger partial charge in [-0.15, -0.1) is 0 Å². The van der Waals surface area contributed by atoms with Gasteiger partial charge in [-0.05, 0) is 51.9 Å². The number of aromatic amines is 1. The van der Waals surface area contributed by atoms with E-state index in [9.17, 15) is 0 Å². The number of benzene rings is 1. The summed E-state index contributed by atoms with van der Waals surface area (Å²) in [4.78, 5) is 0. The van der Waals surface area contributed by atoms with Crippen LogP contribution in [0.4, 0.5) is 0 Å². The fourth-order valence-corrected chi connectivity index (χ4v) is 3.34. The van der Waals surface area contributed by atoms with Gasteiger partial charge in [0, 0.05) is 9.86 Å². The molecule has 0 aliphatic heterocycles. The summed E-state index contributed by atoms with van der Waals surface area (Å²) in [6.45, 7) is 2.29. The Morgan fingerprint density at radius 3 is 3.29 bits per heavy atom. The van der Waals surface area contributed by atoms with E-state index in [-0.39, 0.29) is 0 Å². The van der Waals surface area contributed by atoms with Crippen LogP contribution in [0, 0.1) is 0 Å². The maximum atomic E-state index is 4.07. The molecule has 3 heteroatoms. The number of hydrogen-bond donors (Lipinski definition) is 1. The van der Waals surface area contributed by atoms with E-state index < -0.39 is 0 Å². The minimum absolute atomic E-state index is 0.679. The van der Waals surface area contributed by atoms with Gasteiger partial charge in [-0.3, -0.25) is 5.10 Å². The molecule has 1 aromatic carbocycles. The van der Waals surface area contributed by atoms with Crippen molar-refractivity contribution in [2.45, 2.75) is 25.7 Å². The number of nitrogens with one attached hydrogen (secondary N) is 1. The molecule has 0 bridgehead atoms. The number of aromatic nitrogens is 2. The SMILES string of the molecule is CC1CCc2cc3[nH]ncc3c(Br)c21. The van der Waals surface area contributed by atoms with E-state index in [1.165, 1.54) is 33.8 Å². The van der Waals surface area contributed by atoms with Crippen LogP contribution in [0.2, 0.25) is 0 Å². The Kier molecular flexibility index (Phi) is 1.71. The average molecular weight is 251 g/mol. The van der Waals surface area contributed by atoms with Gasteiger partial charge in [0.2, 0.25) is 0 Å². The van der Waals surface area contributed by atoms with Crippen molar-refractivity contribution in [3.8, 4) is 0 Å². The number of fused-ring (bicyclic) bond motifs is 2. The van der Waals surface area contributed by atoms with Crippen molar-refractivity contribution in [1.82, 2.24) is 10.2 Å². The summed E-state index contributed by atoms with van der Waals surface area (Å²) < 4.78 is 1.24. The molecule has 1 heterocycles. The maximum absolute atomic E-state index is 4.07. The molecule has 72 valence electrons. The third kappa shape index (κ3) is 0.989. The normalized spacial score (nSPS) is 20.3. The predicted molar refractivity (Wildman–Crippen MR) is 60.5 cm³/mol. The van der Waals surface area contributed by atoms with Crippen LogP contribution in [-0.2, 0) is 6.42 Å². The Morgan fingerprint density at radius 1 is 1.57 bits per heavy atom. The molecule has 1 aromatic heterocycles. The quantitative estimate of drug-likeness (QED) is 0.763. The topological polar surface area (TPSA) is 28.7 Å². The zero-order valence-corrected chi connectivity index (χ0v) is 9.56. The van der Waals surface area contributed by atoms with Crippen molar-refractivity contribution in [3.63, 3.8) is 0 Å². The molecule has 1 aliphatic rings. The Hall–Kier alpha value is -0.830. The highest BCUT2D eigenvalue weighted by Crippen LogP contribution is 2.41. The van der Waals surface area contributed by atoms with Crippen LogP contribution < -0.4 is 0 Å². The second kappa shape index (κ2) is 2.83. The molecule has 0 amide bonds. The molecule has 0 saturated carbocycles. The molecule has 0 saturated heterocycles. The van der Waals surface area contributed by atoms with Crippen molar-refractivity contribution in [2.24, 2.45) is 0 Å². The highest BCUT2D eigenvalue weighted by atomic mass is 79.9. The van der Waals surface area contributed by atoms with E-state index in [0.717, 1.165) is 5.52 Å². The first-order valence-electron chi connectivity index (χ1n) is 4.91. The monoisotopic (exact) mass is 250 g/mol. The average Bonchev–Trinajstić information content (AvgIpc) is 2.74. The number of H-pyrrole nitrogens is 1. The van der Waals surface area contributed by atoms with Gasteiger partial charge < -0.3 is 0 Å². The van der Waals surface area contributed by atoms with E-state index in [1.807, 2.05) is 6.20 Å². The van der Waals surface area contributed by atoms with Crippen molar-refractivity contribution >= 4 is 26.8 Å². The summed E-state index contributed by atoms with van der Waals surface area (Å²) in [6.07, 6.45) is 4.36. The fourth-order valence-electron chi connectivity index (χ4n) is 2.38. The molecular weight excluding hydrogens is 240 g/mol. The first-order valence-corrected chi connectivity index (χ1v) is 5.71. The number of hydrogen-bond acceptors (Lipinski definition) is 1. The lowest BCUT2D eigenvalue weighted by atomic mass is 10.0. The molecule has 3 rings (SSSR count). The van der Waals surface area contributed by atoms with Crippen molar-refractivity contribution in [2.75, 3.05) is 0 Å². The molecule has 1 atom stereocenters. The van der Waals surface area contributed by atoms with Crippen LogP contribution in [0.15, 0.2) is 16.7 Å². The summed E-state index contributed by atoms with van der Waals surface area (Å²) in [6, 6.07) is 2.24. The number of aryl methyl sites for hydroxylation is 1. The lowest BCUT2D eigenvalue weighted by molar-refractivity contribution is 0.745. The van der Waals surface area contributed by atoms with Crippen LogP contribution in [0.25, 0.3) is 10.9 Å². The second-order valence-electron chi connectivity index (χ2n) is 4.03. The highest BCUT2D eigenvalue weighted by Gasteiger charge is 2.23. The van der Waals surface area contributed by atoms with Gasteiger partial charge >= 0.3 is 0 Å². The summed E-state index contributed by atoms with van der Waals surface area (Å²) >= 11 is 3.69. The third-order valence-electron chi connectivity index (χ3n) is 3.15. The first-order chi connectivity index (χ1) is 6.77. The standard InChI is InChI=1S/C11H11BrN2/c1-6-2-3-7-4-9-8(5-13-14-9)11(12)10(6)7/h4-6H,2-3H2,1H3,(H,13,14). The highest BCUT2D eigenvalue weighted by molar-refractivity contribution is 9.10. The van der Waals surface area contributed by atoms with Crippen LogP contribution in [0.1, 0.15) is 30.4 Å². The molecule has 1 N–H and O–H groups in total. The summed E-state index contributed by atoms with van der Waals surface area (Å²) in [7, 11) is 0. The van der Waals surface area contributed by atoms with Gasteiger partial charge in [0.25, 0.3) is 0 Å². The second-order valence-corrected chi connectivity index (χ2v) is 4.83. The Balaban J connectivity index is 2.42. The minimum Gasteiger partial charge on any atom is -0.278 e. The van der Waals surface area contributed by atoms with E-state index in [1.54, 1.807) is 0 Å². The molecule has 14 heavy (non-hydrogen) atoms. The fraction of sp³-hybridized carbons (Fsp3) is 0.364. The van der Waals surface area contributed by atoms with Gasteiger partial charge in [0.1, 0.15) is 0 Å². The molecule has 1 unspecified atom stereocenters. The van der Waals surface area contributed by atoms with E-state index in [4.69, 9.17) is 0 Å². The molecule has 1 aliphatic carbocycles. The van der Waals surface area contributed by atoms with Crippen LogP contribution in [0.3, 0.4) is 0 Å². The van der Waals surface area contributed by atoms with Gasteiger partial charge in [0.15, 0.2) is 0 Å². The number of nitrogens with zero attached hydrogens (tertiary/aromatic N) is 1. The lowest BCUT2D eigenvalue weighted by Crippen LogP contribution is -1.89. The van der Waals surface area contributed by atoms with Gasteiger partial charge in [-0.1, -0.05) is 6.92 Å². The van der Waals surface area contributed by atoms with Crippen molar-refractivity contribution < 1.29 is 0 Å². The lowest BCUT2D eigenvalue weighted by Gasteiger charge is -2.08. The molecular formula is C11H11BrN2. The molecule has 0 radical (unpaired) electrons. The summed E-state index contributed by atoms with van der Waals surface area (Å²) in [5.41, 5.74) is 4.10. The van der Waals surface area contributed by atoms with E-state index in [2.05, 4.69) is 39.1 Å². The summed E-state index contributed by atoms with van der Waals surface area (Å²) in [5, 5.41) is 8.30. The number of halogens is 1. The predicted octanol–water partition coefficient (Wildman–Crippen LogP) is 3.38. The van der Waals surface area contributed by atoms with E-state index >= 15 is 0 Å². The van der Waals surface area contributed by atoms with Gasteiger partial charge in [-0.25, -0.2) is 0 Å². The van der Waals surface area contributed by atoms with Gasteiger partial charge in [-0.2, -0.15) is 5.10 Å². The molecule has 2 nitrogen and oxygen atoms in total. The first kappa shape index (κ1) is 8.48. The Labute approximate surface area is 90.8 Å². The van der Waals surface area contributed by atoms with E-state index in [0.29, 0.717) is 5.92 Å².